The van der Waals surface area contributed by atoms with Crippen LogP contribution < -0.4 is 10.6 Å². The highest BCUT2D eigenvalue weighted by atomic mass is 35.5. The van der Waals surface area contributed by atoms with Gasteiger partial charge in [0.2, 0.25) is 5.91 Å². The lowest BCUT2D eigenvalue weighted by molar-refractivity contribution is -0.120. The number of carbonyl (C=O) groups excluding carboxylic acids is 1. The normalized spacial score (nSPS) is 18.9. The van der Waals surface area contributed by atoms with Crippen molar-refractivity contribution in [3.63, 3.8) is 0 Å². The van der Waals surface area contributed by atoms with Crippen molar-refractivity contribution < 1.29 is 4.79 Å². The number of benzene rings is 1. The fourth-order valence-electron chi connectivity index (χ4n) is 2.14. The fourth-order valence-corrected chi connectivity index (χ4v) is 2.14. The lowest BCUT2D eigenvalue weighted by Gasteiger charge is -2.22. The Hall–Kier alpha value is -1.06. The van der Waals surface area contributed by atoms with Gasteiger partial charge in [0.05, 0.1) is 5.92 Å². The Labute approximate surface area is 115 Å². The summed E-state index contributed by atoms with van der Waals surface area (Å²) in [6.07, 6.45) is 2.08. The van der Waals surface area contributed by atoms with Gasteiger partial charge in [-0.05, 0) is 56.5 Å². The van der Waals surface area contributed by atoms with E-state index in [1.807, 2.05) is 18.2 Å². The summed E-state index contributed by atoms with van der Waals surface area (Å²) in [6, 6.07) is 6.05. The first-order chi connectivity index (χ1) is 8.16. The maximum Gasteiger partial charge on any atom is 0.228 e. The van der Waals surface area contributed by atoms with Crippen LogP contribution in [-0.4, -0.2) is 19.0 Å². The summed E-state index contributed by atoms with van der Waals surface area (Å²) < 4.78 is 0. The number of piperidine rings is 1. The Bertz CT molecular complexity index is 414. The van der Waals surface area contributed by atoms with Crippen molar-refractivity contribution in [2.45, 2.75) is 26.7 Å². The van der Waals surface area contributed by atoms with Crippen LogP contribution in [0.2, 0.25) is 0 Å². The molecular weight excluding hydrogens is 248 g/mol. The minimum absolute atomic E-state index is 0. The highest BCUT2D eigenvalue weighted by Crippen LogP contribution is 2.17. The van der Waals surface area contributed by atoms with E-state index in [0.717, 1.165) is 31.6 Å². The van der Waals surface area contributed by atoms with Crippen LogP contribution in [0.5, 0.6) is 0 Å². The number of anilines is 1. The summed E-state index contributed by atoms with van der Waals surface area (Å²) in [7, 11) is 0. The molecule has 3 nitrogen and oxygen atoms in total. The lowest BCUT2D eigenvalue weighted by Crippen LogP contribution is -2.37. The third-order valence-electron chi connectivity index (χ3n) is 3.44. The second-order valence-electron chi connectivity index (χ2n) is 4.83. The minimum atomic E-state index is 0. The molecule has 1 aliphatic heterocycles. The van der Waals surface area contributed by atoms with E-state index in [-0.39, 0.29) is 24.2 Å². The van der Waals surface area contributed by atoms with Crippen molar-refractivity contribution in [3.8, 4) is 0 Å². The predicted molar refractivity (Wildman–Crippen MR) is 77.4 cm³/mol. The molecule has 4 heteroatoms. The lowest BCUT2D eigenvalue weighted by atomic mass is 9.98. The molecule has 1 aromatic carbocycles. The van der Waals surface area contributed by atoms with Crippen molar-refractivity contribution >= 4 is 24.0 Å². The SMILES string of the molecule is Cc1ccc(NC(=O)[C@@H]2CCCNC2)cc1C.Cl. The molecule has 100 valence electrons. The van der Waals surface area contributed by atoms with Crippen LogP contribution in [-0.2, 0) is 4.79 Å². The van der Waals surface area contributed by atoms with Crippen LogP contribution >= 0.6 is 12.4 Å². The number of hydrogen-bond donors (Lipinski definition) is 2. The first-order valence-corrected chi connectivity index (χ1v) is 6.25. The molecule has 2 rings (SSSR count). The molecule has 0 unspecified atom stereocenters. The van der Waals surface area contributed by atoms with Gasteiger partial charge >= 0.3 is 0 Å². The van der Waals surface area contributed by atoms with Gasteiger partial charge in [0.25, 0.3) is 0 Å². The second-order valence-corrected chi connectivity index (χ2v) is 4.83. The maximum atomic E-state index is 12.0. The molecule has 0 bridgehead atoms. The Morgan fingerprint density at radius 2 is 2.11 bits per heavy atom. The van der Waals surface area contributed by atoms with E-state index in [2.05, 4.69) is 24.5 Å². The molecule has 1 aliphatic rings. The molecule has 1 aromatic rings. The maximum absolute atomic E-state index is 12.0. The van der Waals surface area contributed by atoms with E-state index in [0.29, 0.717) is 0 Å². The van der Waals surface area contributed by atoms with Gasteiger partial charge in [0, 0.05) is 12.2 Å². The van der Waals surface area contributed by atoms with Crippen LogP contribution in [0.25, 0.3) is 0 Å². The van der Waals surface area contributed by atoms with Crippen molar-refractivity contribution in [1.29, 1.82) is 0 Å². The van der Waals surface area contributed by atoms with Gasteiger partial charge in [-0.1, -0.05) is 6.07 Å². The molecule has 1 amide bonds. The number of amides is 1. The monoisotopic (exact) mass is 268 g/mol. The van der Waals surface area contributed by atoms with Crippen LogP contribution in [0.4, 0.5) is 5.69 Å². The average Bonchev–Trinajstić information content (AvgIpc) is 2.35. The molecule has 1 atom stereocenters. The number of nitrogens with one attached hydrogen (secondary N) is 2. The summed E-state index contributed by atoms with van der Waals surface area (Å²) in [6.45, 7) is 5.98. The third kappa shape index (κ3) is 3.72. The predicted octanol–water partition coefficient (Wildman–Crippen LogP) is 2.66. The zero-order valence-corrected chi connectivity index (χ0v) is 11.8. The van der Waals surface area contributed by atoms with Gasteiger partial charge in [-0.3, -0.25) is 4.79 Å². The highest BCUT2D eigenvalue weighted by Gasteiger charge is 2.20. The Morgan fingerprint density at radius 3 is 2.72 bits per heavy atom. The summed E-state index contributed by atoms with van der Waals surface area (Å²) in [5, 5.41) is 6.26. The van der Waals surface area contributed by atoms with E-state index >= 15 is 0 Å². The van der Waals surface area contributed by atoms with Gasteiger partial charge in [-0.15, -0.1) is 12.4 Å². The third-order valence-corrected chi connectivity index (χ3v) is 3.44. The molecule has 0 aromatic heterocycles. The Morgan fingerprint density at radius 1 is 1.33 bits per heavy atom. The van der Waals surface area contributed by atoms with E-state index in [9.17, 15) is 4.79 Å². The number of carbonyl (C=O) groups is 1. The van der Waals surface area contributed by atoms with Crippen molar-refractivity contribution in [2.24, 2.45) is 5.92 Å². The second kappa shape index (κ2) is 6.76. The van der Waals surface area contributed by atoms with Gasteiger partial charge in [0.1, 0.15) is 0 Å². The molecule has 0 spiro atoms. The zero-order chi connectivity index (χ0) is 12.3. The molecule has 0 radical (unpaired) electrons. The zero-order valence-electron chi connectivity index (χ0n) is 11.0. The van der Waals surface area contributed by atoms with E-state index < -0.39 is 0 Å². The smallest absolute Gasteiger partial charge is 0.228 e. The standard InChI is InChI=1S/C14H20N2O.ClH/c1-10-5-6-13(8-11(10)2)16-14(17)12-4-3-7-15-9-12;/h5-6,8,12,15H,3-4,7,9H2,1-2H3,(H,16,17);1H/t12-;/m1./s1. The minimum Gasteiger partial charge on any atom is -0.326 e. The van der Waals surface area contributed by atoms with Crippen LogP contribution in [0.1, 0.15) is 24.0 Å². The van der Waals surface area contributed by atoms with Gasteiger partial charge in [-0.2, -0.15) is 0 Å². The molecule has 0 saturated carbocycles. The molecular formula is C14H21ClN2O. The summed E-state index contributed by atoms with van der Waals surface area (Å²) in [5.74, 6) is 0.255. The first-order valence-electron chi connectivity index (χ1n) is 6.25. The number of aryl methyl sites for hydroxylation is 2. The fraction of sp³-hybridized carbons (Fsp3) is 0.500. The number of halogens is 1. The molecule has 1 heterocycles. The number of rotatable bonds is 2. The van der Waals surface area contributed by atoms with E-state index in [1.165, 1.54) is 11.1 Å². The highest BCUT2D eigenvalue weighted by molar-refractivity contribution is 5.92. The Balaban J connectivity index is 0.00000162. The van der Waals surface area contributed by atoms with Crippen LogP contribution in [0.15, 0.2) is 18.2 Å². The molecule has 2 N–H and O–H groups in total. The number of hydrogen-bond acceptors (Lipinski definition) is 2. The average molecular weight is 269 g/mol. The molecule has 18 heavy (non-hydrogen) atoms. The van der Waals surface area contributed by atoms with Crippen molar-refractivity contribution in [1.82, 2.24) is 5.32 Å². The van der Waals surface area contributed by atoms with Gasteiger partial charge in [0.15, 0.2) is 0 Å². The van der Waals surface area contributed by atoms with Crippen LogP contribution in [0.3, 0.4) is 0 Å². The molecule has 0 aliphatic carbocycles. The molecule has 1 fully saturated rings. The summed E-state index contributed by atoms with van der Waals surface area (Å²) in [5.41, 5.74) is 3.37. The summed E-state index contributed by atoms with van der Waals surface area (Å²) >= 11 is 0. The van der Waals surface area contributed by atoms with Crippen molar-refractivity contribution in [2.75, 3.05) is 18.4 Å². The van der Waals surface area contributed by atoms with Gasteiger partial charge in [-0.25, -0.2) is 0 Å². The van der Waals surface area contributed by atoms with Gasteiger partial charge < -0.3 is 10.6 Å². The largest absolute Gasteiger partial charge is 0.326 e. The van der Waals surface area contributed by atoms with E-state index in [1.54, 1.807) is 0 Å². The first kappa shape index (κ1) is 15.0. The molecule has 1 saturated heterocycles. The van der Waals surface area contributed by atoms with E-state index in [4.69, 9.17) is 0 Å². The van der Waals surface area contributed by atoms with Crippen LogP contribution in [0, 0.1) is 19.8 Å². The topological polar surface area (TPSA) is 41.1 Å². The quantitative estimate of drug-likeness (QED) is 0.866. The Kier molecular flexibility index (Phi) is 5.63. The summed E-state index contributed by atoms with van der Waals surface area (Å²) in [4.78, 5) is 12.0. The van der Waals surface area contributed by atoms with Crippen molar-refractivity contribution in [3.05, 3.63) is 29.3 Å².